The maximum absolute atomic E-state index is 13.5. The zero-order valence-electron chi connectivity index (χ0n) is 10.5. The van der Waals surface area contributed by atoms with E-state index in [1.54, 1.807) is 6.26 Å². The van der Waals surface area contributed by atoms with Gasteiger partial charge in [0.15, 0.2) is 5.16 Å². The van der Waals surface area contributed by atoms with Crippen LogP contribution in [0.5, 0.6) is 0 Å². The molecule has 0 spiro atoms. The average Bonchev–Trinajstić information content (AvgIpc) is 2.46. The molecule has 0 amide bonds. The molecule has 0 aliphatic carbocycles. The molecule has 102 valence electrons. The van der Waals surface area contributed by atoms with E-state index in [-0.39, 0.29) is 23.5 Å². The Morgan fingerprint density at radius 3 is 2.65 bits per heavy atom. The summed E-state index contributed by atoms with van der Waals surface area (Å²) in [6.45, 7) is -0.0992. The topological polar surface area (TPSA) is 61.6 Å². The molecule has 0 saturated carbocycles. The van der Waals surface area contributed by atoms with Crippen molar-refractivity contribution >= 4 is 17.6 Å². The lowest BCUT2D eigenvalue weighted by Crippen LogP contribution is -2.08. The van der Waals surface area contributed by atoms with E-state index in [9.17, 15) is 8.78 Å². The van der Waals surface area contributed by atoms with E-state index < -0.39 is 11.6 Å². The van der Waals surface area contributed by atoms with Crippen LogP contribution in [0.2, 0.25) is 0 Å². The summed E-state index contributed by atoms with van der Waals surface area (Å²) in [6, 6.07) is 5.58. The Balaban J connectivity index is 2.25. The number of anilines is 1. The second-order valence-corrected chi connectivity index (χ2v) is 4.56. The molecule has 2 rings (SSSR count). The predicted molar refractivity (Wildman–Crippen MR) is 72.2 cm³/mol. The van der Waals surface area contributed by atoms with Gasteiger partial charge in [-0.05, 0) is 18.4 Å². The Labute approximate surface area is 118 Å². The van der Waals surface area contributed by atoms with Crippen molar-refractivity contribution in [1.29, 1.82) is 5.26 Å². The molecule has 0 unspecified atom stereocenters. The van der Waals surface area contributed by atoms with Crippen molar-refractivity contribution in [3.05, 3.63) is 47.2 Å². The smallest absolute Gasteiger partial charge is 0.189 e. The highest BCUT2D eigenvalue weighted by Crippen LogP contribution is 2.18. The number of halogens is 2. The van der Waals surface area contributed by atoms with Gasteiger partial charge in [-0.15, -0.1) is 0 Å². The highest BCUT2D eigenvalue weighted by molar-refractivity contribution is 7.98. The second-order valence-electron chi connectivity index (χ2n) is 3.78. The van der Waals surface area contributed by atoms with Crippen molar-refractivity contribution in [2.75, 3.05) is 11.6 Å². The summed E-state index contributed by atoms with van der Waals surface area (Å²) in [5.41, 5.74) is 0.125. The van der Waals surface area contributed by atoms with E-state index in [4.69, 9.17) is 5.26 Å². The maximum Gasteiger partial charge on any atom is 0.189 e. The van der Waals surface area contributed by atoms with Crippen LogP contribution in [0.1, 0.15) is 11.1 Å². The van der Waals surface area contributed by atoms with Gasteiger partial charge in [0.25, 0.3) is 0 Å². The Morgan fingerprint density at radius 2 is 2.05 bits per heavy atom. The standard InChI is InChI=1S/C13H10F2N4S/c1-20-13-18-6-8(5-16)12(19-13)17-7-9-10(14)3-2-4-11(9)15/h2-4,6H,7H2,1H3,(H,17,18,19). The van der Waals surface area contributed by atoms with Gasteiger partial charge >= 0.3 is 0 Å². The van der Waals surface area contributed by atoms with Crippen LogP contribution in [0.3, 0.4) is 0 Å². The molecule has 7 heteroatoms. The first kappa shape index (κ1) is 14.2. The van der Waals surface area contributed by atoms with Crippen molar-refractivity contribution in [3.63, 3.8) is 0 Å². The summed E-state index contributed by atoms with van der Waals surface area (Å²) in [6.07, 6.45) is 3.17. The highest BCUT2D eigenvalue weighted by atomic mass is 32.2. The molecule has 1 aromatic carbocycles. The maximum atomic E-state index is 13.5. The van der Waals surface area contributed by atoms with Gasteiger partial charge in [-0.2, -0.15) is 5.26 Å². The fourth-order valence-corrected chi connectivity index (χ4v) is 1.89. The molecule has 0 saturated heterocycles. The third-order valence-electron chi connectivity index (χ3n) is 2.56. The van der Waals surface area contributed by atoms with Crippen molar-refractivity contribution < 1.29 is 8.78 Å². The van der Waals surface area contributed by atoms with Crippen LogP contribution >= 0.6 is 11.8 Å². The molecule has 0 fully saturated rings. The van der Waals surface area contributed by atoms with Gasteiger partial charge in [0.1, 0.15) is 29.1 Å². The number of nitriles is 1. The minimum Gasteiger partial charge on any atom is -0.365 e. The summed E-state index contributed by atoms with van der Waals surface area (Å²) < 4.78 is 27.0. The molecule has 1 heterocycles. The number of hydrogen-bond donors (Lipinski definition) is 1. The number of hydrogen-bond acceptors (Lipinski definition) is 5. The first-order chi connectivity index (χ1) is 9.65. The largest absolute Gasteiger partial charge is 0.365 e. The van der Waals surface area contributed by atoms with Crippen LogP contribution in [0, 0.1) is 23.0 Å². The van der Waals surface area contributed by atoms with Crippen molar-refractivity contribution in [2.24, 2.45) is 0 Å². The summed E-state index contributed by atoms with van der Waals surface area (Å²) in [5, 5.41) is 12.2. The number of benzene rings is 1. The van der Waals surface area contributed by atoms with Gasteiger partial charge in [-0.25, -0.2) is 18.7 Å². The monoisotopic (exact) mass is 292 g/mol. The molecular formula is C13H10F2N4S. The predicted octanol–water partition coefficient (Wildman–Crippen LogP) is 2.96. The molecule has 4 nitrogen and oxygen atoms in total. The lowest BCUT2D eigenvalue weighted by Gasteiger charge is -2.09. The van der Waals surface area contributed by atoms with Crippen LogP contribution in [0.15, 0.2) is 29.6 Å². The minimum absolute atomic E-state index is 0.0966. The minimum atomic E-state index is -0.643. The van der Waals surface area contributed by atoms with E-state index in [1.165, 1.54) is 36.2 Å². The zero-order chi connectivity index (χ0) is 14.5. The number of nitrogens with zero attached hydrogens (tertiary/aromatic N) is 3. The second kappa shape index (κ2) is 6.30. The van der Waals surface area contributed by atoms with Gasteiger partial charge in [0.05, 0.1) is 6.20 Å². The lowest BCUT2D eigenvalue weighted by molar-refractivity contribution is 0.560. The first-order valence-electron chi connectivity index (χ1n) is 5.63. The zero-order valence-corrected chi connectivity index (χ0v) is 11.3. The van der Waals surface area contributed by atoms with Crippen LogP contribution in [-0.4, -0.2) is 16.2 Å². The number of rotatable bonds is 4. The molecule has 0 atom stereocenters. The van der Waals surface area contributed by atoms with E-state index in [0.717, 1.165) is 0 Å². The highest BCUT2D eigenvalue weighted by Gasteiger charge is 2.11. The van der Waals surface area contributed by atoms with E-state index >= 15 is 0 Å². The SMILES string of the molecule is CSc1ncc(C#N)c(NCc2c(F)cccc2F)n1. The first-order valence-corrected chi connectivity index (χ1v) is 6.86. The van der Waals surface area contributed by atoms with Gasteiger partial charge in [0, 0.05) is 12.1 Å². The summed E-state index contributed by atoms with van der Waals surface area (Å²) in [7, 11) is 0. The Bertz CT molecular complexity index is 650. The van der Waals surface area contributed by atoms with E-state index in [0.29, 0.717) is 5.16 Å². The molecule has 0 aliphatic heterocycles. The van der Waals surface area contributed by atoms with Crippen LogP contribution in [-0.2, 0) is 6.54 Å². The van der Waals surface area contributed by atoms with Crippen LogP contribution in [0.25, 0.3) is 0 Å². The number of aromatic nitrogens is 2. The average molecular weight is 292 g/mol. The van der Waals surface area contributed by atoms with Gasteiger partial charge in [-0.3, -0.25) is 0 Å². The van der Waals surface area contributed by atoms with Crippen molar-refractivity contribution in [2.45, 2.75) is 11.7 Å². The molecule has 0 aliphatic rings. The lowest BCUT2D eigenvalue weighted by atomic mass is 10.2. The molecular weight excluding hydrogens is 282 g/mol. The molecule has 0 radical (unpaired) electrons. The van der Waals surface area contributed by atoms with Gasteiger partial charge in [0.2, 0.25) is 0 Å². The third kappa shape index (κ3) is 3.03. The van der Waals surface area contributed by atoms with Crippen LogP contribution in [0.4, 0.5) is 14.6 Å². The third-order valence-corrected chi connectivity index (χ3v) is 3.13. The Kier molecular flexibility index (Phi) is 4.48. The molecule has 20 heavy (non-hydrogen) atoms. The fourth-order valence-electron chi connectivity index (χ4n) is 1.55. The number of thioether (sulfide) groups is 1. The quantitative estimate of drug-likeness (QED) is 0.693. The van der Waals surface area contributed by atoms with Gasteiger partial charge < -0.3 is 5.32 Å². The molecule has 1 aromatic heterocycles. The van der Waals surface area contributed by atoms with E-state index in [2.05, 4.69) is 15.3 Å². The van der Waals surface area contributed by atoms with E-state index in [1.807, 2.05) is 6.07 Å². The fraction of sp³-hybridized carbons (Fsp3) is 0.154. The Hall–Kier alpha value is -2.20. The van der Waals surface area contributed by atoms with Crippen molar-refractivity contribution in [3.8, 4) is 6.07 Å². The molecule has 2 aromatic rings. The summed E-state index contributed by atoms with van der Waals surface area (Å²) >= 11 is 1.31. The Morgan fingerprint density at radius 1 is 1.35 bits per heavy atom. The van der Waals surface area contributed by atoms with Crippen molar-refractivity contribution in [1.82, 2.24) is 9.97 Å². The number of nitrogens with one attached hydrogen (secondary N) is 1. The van der Waals surface area contributed by atoms with Crippen LogP contribution < -0.4 is 5.32 Å². The summed E-state index contributed by atoms with van der Waals surface area (Å²) in [5.74, 6) is -1.03. The molecule has 0 bridgehead atoms. The summed E-state index contributed by atoms with van der Waals surface area (Å²) in [4.78, 5) is 8.07. The van der Waals surface area contributed by atoms with Gasteiger partial charge in [-0.1, -0.05) is 17.8 Å². The molecule has 1 N–H and O–H groups in total. The normalized spacial score (nSPS) is 10.1.